The smallest absolute Gasteiger partial charge is 0.267 e. The van der Waals surface area contributed by atoms with Crippen molar-refractivity contribution >= 4 is 43.5 Å². The van der Waals surface area contributed by atoms with Crippen LogP contribution in [0.3, 0.4) is 0 Å². The van der Waals surface area contributed by atoms with Crippen LogP contribution < -0.4 is 5.32 Å². The van der Waals surface area contributed by atoms with Crippen LogP contribution in [0.15, 0.2) is 45.8 Å². The molecule has 0 saturated carbocycles. The van der Waals surface area contributed by atoms with Gasteiger partial charge in [0.2, 0.25) is 11.8 Å². The van der Waals surface area contributed by atoms with Gasteiger partial charge in [0.15, 0.2) is 0 Å². The molecule has 148 valence electrons. The van der Waals surface area contributed by atoms with E-state index in [-0.39, 0.29) is 17.7 Å². The van der Waals surface area contributed by atoms with E-state index in [4.69, 9.17) is 0 Å². The van der Waals surface area contributed by atoms with E-state index >= 15 is 0 Å². The van der Waals surface area contributed by atoms with Crippen LogP contribution in [0.25, 0.3) is 0 Å². The number of hydrogen-bond donors (Lipinski definition) is 1. The Hall–Kier alpha value is -2.19. The molecular formula is C20H21BrN2O4S. The zero-order valence-electron chi connectivity index (χ0n) is 15.8. The van der Waals surface area contributed by atoms with Crippen LogP contribution in [0.5, 0.6) is 0 Å². The lowest BCUT2D eigenvalue weighted by atomic mass is 10.1. The van der Waals surface area contributed by atoms with Crippen molar-refractivity contribution in [1.29, 1.82) is 0 Å². The highest BCUT2D eigenvalue weighted by atomic mass is 79.9. The lowest BCUT2D eigenvalue weighted by Gasteiger charge is -2.24. The number of hydrogen-bond acceptors (Lipinski definition) is 4. The van der Waals surface area contributed by atoms with Crippen molar-refractivity contribution in [1.82, 2.24) is 4.31 Å². The first-order valence-corrected chi connectivity index (χ1v) is 11.1. The maximum absolute atomic E-state index is 13.1. The summed E-state index contributed by atoms with van der Waals surface area (Å²) in [5.41, 5.74) is 3.24. The summed E-state index contributed by atoms with van der Waals surface area (Å²) >= 11 is 3.40. The maximum Gasteiger partial charge on any atom is 0.267 e. The third-order valence-corrected chi connectivity index (χ3v) is 7.64. The van der Waals surface area contributed by atoms with Gasteiger partial charge >= 0.3 is 0 Å². The zero-order valence-corrected chi connectivity index (χ0v) is 18.2. The van der Waals surface area contributed by atoms with Crippen LogP contribution >= 0.6 is 15.9 Å². The van der Waals surface area contributed by atoms with E-state index < -0.39 is 27.9 Å². The minimum Gasteiger partial charge on any atom is -0.324 e. The summed E-state index contributed by atoms with van der Waals surface area (Å²) in [4.78, 5) is 25.2. The van der Waals surface area contributed by atoms with Gasteiger partial charge in [0.25, 0.3) is 10.0 Å². The average molecular weight is 465 g/mol. The molecule has 6 nitrogen and oxygen atoms in total. The molecule has 2 aromatic carbocycles. The van der Waals surface area contributed by atoms with Gasteiger partial charge in [0, 0.05) is 16.6 Å². The molecule has 28 heavy (non-hydrogen) atoms. The molecule has 0 bridgehead atoms. The Bertz CT molecular complexity index is 1070. The maximum atomic E-state index is 13.1. The molecular weight excluding hydrogens is 444 g/mol. The molecule has 0 aromatic heterocycles. The van der Waals surface area contributed by atoms with E-state index in [9.17, 15) is 18.0 Å². The minimum atomic E-state index is -4.11. The van der Waals surface area contributed by atoms with E-state index in [2.05, 4.69) is 21.2 Å². The second-order valence-electron chi connectivity index (χ2n) is 6.95. The molecule has 0 aliphatic carbocycles. The fourth-order valence-electron chi connectivity index (χ4n) is 3.14. The standard InChI is InChI=1S/C20H21BrN2O4S/c1-12-4-6-16(11-13(12)2)28(26,27)23-18(8-9-19(23)24)20(25)22-15-5-7-17(21)14(3)10-15/h4-7,10-11,18H,8-9H2,1-3H3,(H,22,25)/t18-/m1/s1. The van der Waals surface area contributed by atoms with Crippen LogP contribution in [-0.4, -0.2) is 30.6 Å². The van der Waals surface area contributed by atoms with Crippen molar-refractivity contribution in [3.63, 3.8) is 0 Å². The van der Waals surface area contributed by atoms with E-state index in [1.165, 1.54) is 12.1 Å². The van der Waals surface area contributed by atoms with Gasteiger partial charge in [-0.15, -0.1) is 0 Å². The van der Waals surface area contributed by atoms with Gasteiger partial charge in [0.1, 0.15) is 6.04 Å². The summed E-state index contributed by atoms with van der Waals surface area (Å²) in [6.07, 6.45) is 0.172. The Kier molecular flexibility index (Phi) is 5.63. The number of carbonyl (C=O) groups is 2. The van der Waals surface area contributed by atoms with Gasteiger partial charge in [-0.25, -0.2) is 12.7 Å². The number of amides is 2. The molecule has 0 spiro atoms. The molecule has 1 fully saturated rings. The van der Waals surface area contributed by atoms with E-state index in [1.807, 2.05) is 13.8 Å². The largest absolute Gasteiger partial charge is 0.324 e. The summed E-state index contributed by atoms with van der Waals surface area (Å²) in [5.74, 6) is -1.08. The predicted octanol–water partition coefficient (Wildman–Crippen LogP) is 3.69. The highest BCUT2D eigenvalue weighted by molar-refractivity contribution is 9.10. The van der Waals surface area contributed by atoms with Crippen molar-refractivity contribution in [2.75, 3.05) is 5.32 Å². The average Bonchev–Trinajstić information content (AvgIpc) is 3.03. The van der Waals surface area contributed by atoms with Crippen molar-refractivity contribution in [2.24, 2.45) is 0 Å². The van der Waals surface area contributed by atoms with Crippen molar-refractivity contribution < 1.29 is 18.0 Å². The third kappa shape index (κ3) is 3.84. The predicted molar refractivity (Wildman–Crippen MR) is 110 cm³/mol. The van der Waals surface area contributed by atoms with Gasteiger partial charge in [-0.05, 0) is 74.2 Å². The summed E-state index contributed by atoms with van der Waals surface area (Å²) < 4.78 is 27.8. The topological polar surface area (TPSA) is 83.6 Å². The fourth-order valence-corrected chi connectivity index (χ4v) is 5.07. The fraction of sp³-hybridized carbons (Fsp3) is 0.300. The summed E-state index contributed by atoms with van der Waals surface area (Å²) in [5, 5.41) is 2.73. The molecule has 1 saturated heterocycles. The molecule has 1 atom stereocenters. The molecule has 3 rings (SSSR count). The van der Waals surface area contributed by atoms with E-state index in [0.717, 1.165) is 25.5 Å². The zero-order chi connectivity index (χ0) is 20.6. The number of anilines is 1. The highest BCUT2D eigenvalue weighted by Gasteiger charge is 2.44. The molecule has 1 aliphatic rings. The Morgan fingerprint density at radius 2 is 1.79 bits per heavy atom. The van der Waals surface area contributed by atoms with Crippen LogP contribution in [0.4, 0.5) is 5.69 Å². The van der Waals surface area contributed by atoms with E-state index in [1.54, 1.807) is 31.2 Å². The number of benzene rings is 2. The van der Waals surface area contributed by atoms with Gasteiger partial charge in [-0.2, -0.15) is 0 Å². The number of aryl methyl sites for hydroxylation is 3. The second-order valence-corrected chi connectivity index (χ2v) is 9.62. The number of halogens is 1. The first-order valence-electron chi connectivity index (χ1n) is 8.83. The number of sulfonamides is 1. The van der Waals surface area contributed by atoms with Crippen LogP contribution in [-0.2, 0) is 19.6 Å². The first kappa shape index (κ1) is 20.5. The normalized spacial score (nSPS) is 17.1. The van der Waals surface area contributed by atoms with E-state index in [0.29, 0.717) is 5.69 Å². The number of nitrogens with zero attached hydrogens (tertiary/aromatic N) is 1. The van der Waals surface area contributed by atoms with Crippen LogP contribution in [0.2, 0.25) is 0 Å². The Morgan fingerprint density at radius 1 is 1.07 bits per heavy atom. The van der Waals surface area contributed by atoms with Gasteiger partial charge in [-0.3, -0.25) is 9.59 Å². The number of carbonyl (C=O) groups excluding carboxylic acids is 2. The number of rotatable bonds is 4. The SMILES string of the molecule is Cc1ccc(S(=O)(=O)N2C(=O)CC[C@@H]2C(=O)Nc2ccc(Br)c(C)c2)cc1C. The molecule has 2 aromatic rings. The molecule has 2 amide bonds. The van der Waals surface area contributed by atoms with Crippen LogP contribution in [0.1, 0.15) is 29.5 Å². The van der Waals surface area contributed by atoms with Gasteiger partial charge < -0.3 is 5.32 Å². The molecule has 1 aliphatic heterocycles. The lowest BCUT2D eigenvalue weighted by Crippen LogP contribution is -2.45. The summed E-state index contributed by atoms with van der Waals surface area (Å²) in [7, 11) is -4.11. The Labute approximate surface area is 173 Å². The van der Waals surface area contributed by atoms with Gasteiger partial charge in [-0.1, -0.05) is 22.0 Å². The second kappa shape index (κ2) is 7.67. The van der Waals surface area contributed by atoms with Gasteiger partial charge in [0.05, 0.1) is 4.90 Å². The first-order chi connectivity index (χ1) is 13.1. The monoisotopic (exact) mass is 464 g/mol. The molecule has 1 N–H and O–H groups in total. The van der Waals surface area contributed by atoms with Crippen molar-refractivity contribution in [3.8, 4) is 0 Å². The third-order valence-electron chi connectivity index (χ3n) is 4.92. The summed E-state index contributed by atoms with van der Waals surface area (Å²) in [6.45, 7) is 5.57. The molecule has 0 unspecified atom stereocenters. The Balaban J connectivity index is 1.90. The lowest BCUT2D eigenvalue weighted by molar-refractivity contribution is -0.128. The molecule has 8 heteroatoms. The van der Waals surface area contributed by atoms with Crippen molar-refractivity contribution in [3.05, 3.63) is 57.6 Å². The quantitative estimate of drug-likeness (QED) is 0.747. The Morgan fingerprint density at radius 3 is 2.43 bits per heavy atom. The minimum absolute atomic E-state index is 0.0154. The summed E-state index contributed by atoms with van der Waals surface area (Å²) in [6, 6.07) is 8.92. The van der Waals surface area contributed by atoms with Crippen molar-refractivity contribution in [2.45, 2.75) is 44.6 Å². The highest BCUT2D eigenvalue weighted by Crippen LogP contribution is 2.29. The molecule has 1 heterocycles. The number of nitrogens with one attached hydrogen (secondary N) is 1. The molecule has 0 radical (unpaired) electrons. The van der Waals surface area contributed by atoms with Crippen LogP contribution in [0, 0.1) is 20.8 Å².